The van der Waals surface area contributed by atoms with Gasteiger partial charge in [-0.25, -0.2) is 9.48 Å². The first kappa shape index (κ1) is 17.7. The normalized spacial score (nSPS) is 15.2. The number of ketones is 1. The zero-order valence-corrected chi connectivity index (χ0v) is 15.5. The molecule has 0 radical (unpaired) electrons. The standard InChI is InChI=1S/C16H21N5O3S/c1-5-24-15(23)12-8(2)13(17-9(12)3)14(22)10(4)25-16-18-19-20-21(16)11-6-7-11/h10-11,17H,5-7H2,1-4H3. The number of carbonyl (C=O) groups excluding carboxylic acids is 2. The van der Waals surface area contributed by atoms with E-state index in [2.05, 4.69) is 20.5 Å². The first-order chi connectivity index (χ1) is 11.9. The van der Waals surface area contributed by atoms with Crippen LogP contribution < -0.4 is 0 Å². The molecule has 1 aliphatic carbocycles. The molecular weight excluding hydrogens is 342 g/mol. The number of aryl methyl sites for hydroxylation is 1. The van der Waals surface area contributed by atoms with Crippen molar-refractivity contribution < 1.29 is 14.3 Å². The largest absolute Gasteiger partial charge is 0.462 e. The summed E-state index contributed by atoms with van der Waals surface area (Å²) in [5, 5.41) is 12.0. The summed E-state index contributed by atoms with van der Waals surface area (Å²) in [7, 11) is 0. The van der Waals surface area contributed by atoms with Crippen LogP contribution in [0.5, 0.6) is 0 Å². The Kier molecular flexibility index (Phi) is 4.94. The first-order valence-electron chi connectivity index (χ1n) is 8.29. The second-order valence-electron chi connectivity index (χ2n) is 6.11. The van der Waals surface area contributed by atoms with Crippen LogP contribution in [0.4, 0.5) is 0 Å². The lowest BCUT2D eigenvalue weighted by atomic mass is 10.1. The quantitative estimate of drug-likeness (QED) is 0.458. The lowest BCUT2D eigenvalue weighted by Crippen LogP contribution is -2.16. The fourth-order valence-corrected chi connectivity index (χ4v) is 3.65. The summed E-state index contributed by atoms with van der Waals surface area (Å²) in [5.41, 5.74) is 2.13. The summed E-state index contributed by atoms with van der Waals surface area (Å²) in [6.07, 6.45) is 2.14. The van der Waals surface area contributed by atoms with Crippen molar-refractivity contribution in [3.8, 4) is 0 Å². The van der Waals surface area contributed by atoms with Gasteiger partial charge in [-0.05, 0) is 56.5 Å². The van der Waals surface area contributed by atoms with Crippen LogP contribution in [0.25, 0.3) is 0 Å². The average molecular weight is 363 g/mol. The Hall–Kier alpha value is -2.16. The third-order valence-electron chi connectivity index (χ3n) is 4.17. The van der Waals surface area contributed by atoms with E-state index >= 15 is 0 Å². The van der Waals surface area contributed by atoms with Gasteiger partial charge in [-0.15, -0.1) is 5.10 Å². The number of nitrogens with one attached hydrogen (secondary N) is 1. The maximum atomic E-state index is 12.9. The highest BCUT2D eigenvalue weighted by molar-refractivity contribution is 8.00. The minimum Gasteiger partial charge on any atom is -0.462 e. The third kappa shape index (κ3) is 3.46. The van der Waals surface area contributed by atoms with Gasteiger partial charge in [-0.2, -0.15) is 0 Å². The van der Waals surface area contributed by atoms with Gasteiger partial charge < -0.3 is 9.72 Å². The predicted molar refractivity (Wildman–Crippen MR) is 92.0 cm³/mol. The number of hydrogen-bond donors (Lipinski definition) is 1. The number of nitrogens with zero attached hydrogens (tertiary/aromatic N) is 4. The Morgan fingerprint density at radius 3 is 2.76 bits per heavy atom. The Bertz CT molecular complexity index is 809. The number of ether oxygens (including phenoxy) is 1. The van der Waals surface area contributed by atoms with E-state index < -0.39 is 5.97 Å². The summed E-state index contributed by atoms with van der Waals surface area (Å²) in [5.74, 6) is -0.503. The van der Waals surface area contributed by atoms with Gasteiger partial charge in [0.25, 0.3) is 0 Å². The monoisotopic (exact) mass is 363 g/mol. The molecule has 0 bridgehead atoms. The fourth-order valence-electron chi connectivity index (χ4n) is 2.73. The van der Waals surface area contributed by atoms with E-state index in [4.69, 9.17) is 4.74 Å². The van der Waals surface area contributed by atoms with E-state index in [0.717, 1.165) is 12.8 Å². The van der Waals surface area contributed by atoms with Crippen LogP contribution in [0.3, 0.4) is 0 Å². The van der Waals surface area contributed by atoms with E-state index in [0.29, 0.717) is 40.3 Å². The number of thioether (sulfide) groups is 1. The molecule has 0 saturated heterocycles. The van der Waals surface area contributed by atoms with Gasteiger partial charge in [0, 0.05) is 5.69 Å². The number of aromatic amines is 1. The van der Waals surface area contributed by atoms with Crippen molar-refractivity contribution in [3.05, 3.63) is 22.5 Å². The molecular formula is C16H21N5O3S. The molecule has 134 valence electrons. The molecule has 0 aromatic carbocycles. The van der Waals surface area contributed by atoms with Gasteiger partial charge in [0.05, 0.1) is 29.2 Å². The van der Waals surface area contributed by atoms with E-state index in [1.54, 1.807) is 25.5 Å². The van der Waals surface area contributed by atoms with Crippen molar-refractivity contribution in [2.24, 2.45) is 0 Å². The number of carbonyl (C=O) groups is 2. The molecule has 1 N–H and O–H groups in total. The van der Waals surface area contributed by atoms with Crippen LogP contribution in [0.15, 0.2) is 5.16 Å². The van der Waals surface area contributed by atoms with Gasteiger partial charge in [-0.1, -0.05) is 11.8 Å². The molecule has 25 heavy (non-hydrogen) atoms. The summed E-state index contributed by atoms with van der Waals surface area (Å²) >= 11 is 1.33. The number of rotatable bonds is 7. The Morgan fingerprint density at radius 1 is 1.40 bits per heavy atom. The van der Waals surface area contributed by atoms with Crippen LogP contribution in [0.1, 0.15) is 64.8 Å². The highest BCUT2D eigenvalue weighted by atomic mass is 32.2. The zero-order chi connectivity index (χ0) is 18.1. The van der Waals surface area contributed by atoms with Crippen LogP contribution in [-0.4, -0.2) is 48.8 Å². The Balaban J connectivity index is 1.79. The molecule has 0 aliphatic heterocycles. The Morgan fingerprint density at radius 2 is 2.12 bits per heavy atom. The molecule has 1 fully saturated rings. The lowest BCUT2D eigenvalue weighted by molar-refractivity contribution is 0.0525. The topological polar surface area (TPSA) is 103 Å². The van der Waals surface area contributed by atoms with E-state index in [1.165, 1.54) is 11.8 Å². The number of Topliss-reactive ketones (excluding diaryl/α,β-unsaturated/α-hetero) is 1. The van der Waals surface area contributed by atoms with Crippen molar-refractivity contribution in [1.82, 2.24) is 25.2 Å². The molecule has 1 atom stereocenters. The van der Waals surface area contributed by atoms with E-state index in [-0.39, 0.29) is 11.0 Å². The van der Waals surface area contributed by atoms with Gasteiger partial charge in [0.1, 0.15) is 0 Å². The smallest absolute Gasteiger partial charge is 0.340 e. The minimum atomic E-state index is -0.411. The molecule has 1 unspecified atom stereocenters. The van der Waals surface area contributed by atoms with Crippen molar-refractivity contribution in [1.29, 1.82) is 0 Å². The van der Waals surface area contributed by atoms with Gasteiger partial charge in [0.15, 0.2) is 5.78 Å². The second-order valence-corrected chi connectivity index (χ2v) is 7.41. The molecule has 9 heteroatoms. The van der Waals surface area contributed by atoms with E-state index in [9.17, 15) is 9.59 Å². The SMILES string of the molecule is CCOC(=O)c1c(C)[nH]c(C(=O)C(C)Sc2nnnn2C2CC2)c1C. The van der Waals surface area contributed by atoms with Crippen LogP contribution >= 0.6 is 11.8 Å². The molecule has 2 aromatic heterocycles. The number of H-pyrrole nitrogens is 1. The second kappa shape index (κ2) is 6.99. The summed E-state index contributed by atoms with van der Waals surface area (Å²) in [4.78, 5) is 28.0. The zero-order valence-electron chi connectivity index (χ0n) is 14.7. The lowest BCUT2D eigenvalue weighted by Gasteiger charge is -2.09. The molecule has 1 aliphatic rings. The van der Waals surface area contributed by atoms with Crippen molar-refractivity contribution >= 4 is 23.5 Å². The third-order valence-corrected chi connectivity index (χ3v) is 5.22. The number of aromatic nitrogens is 5. The maximum absolute atomic E-state index is 12.9. The molecule has 2 heterocycles. The highest BCUT2D eigenvalue weighted by Gasteiger charge is 2.31. The molecule has 3 rings (SSSR count). The number of tetrazole rings is 1. The highest BCUT2D eigenvalue weighted by Crippen LogP contribution is 2.37. The summed E-state index contributed by atoms with van der Waals surface area (Å²) < 4.78 is 6.86. The molecule has 8 nitrogen and oxygen atoms in total. The average Bonchev–Trinajstić information content (AvgIpc) is 3.23. The van der Waals surface area contributed by atoms with Crippen LogP contribution in [0, 0.1) is 13.8 Å². The van der Waals surface area contributed by atoms with Gasteiger partial charge >= 0.3 is 5.97 Å². The summed E-state index contributed by atoms with van der Waals surface area (Å²) in [6.45, 7) is 7.39. The molecule has 2 aromatic rings. The van der Waals surface area contributed by atoms with Crippen LogP contribution in [-0.2, 0) is 4.74 Å². The predicted octanol–water partition coefficient (Wildman–Crippen LogP) is 2.49. The first-order valence-corrected chi connectivity index (χ1v) is 9.17. The van der Waals surface area contributed by atoms with E-state index in [1.807, 2.05) is 6.92 Å². The number of hydrogen-bond acceptors (Lipinski definition) is 7. The molecule has 1 saturated carbocycles. The maximum Gasteiger partial charge on any atom is 0.340 e. The molecule has 0 amide bonds. The van der Waals surface area contributed by atoms with Crippen LogP contribution in [0.2, 0.25) is 0 Å². The van der Waals surface area contributed by atoms with Crippen molar-refractivity contribution in [2.75, 3.05) is 6.61 Å². The minimum absolute atomic E-state index is 0.0912. The molecule has 0 spiro atoms. The van der Waals surface area contributed by atoms with Crippen molar-refractivity contribution in [3.63, 3.8) is 0 Å². The summed E-state index contributed by atoms with van der Waals surface area (Å²) in [6, 6.07) is 0.352. The van der Waals surface area contributed by atoms with Crippen molar-refractivity contribution in [2.45, 2.75) is 57.0 Å². The Labute approximate surface area is 149 Å². The number of esters is 1. The van der Waals surface area contributed by atoms with Gasteiger partial charge in [0.2, 0.25) is 5.16 Å². The fraction of sp³-hybridized carbons (Fsp3) is 0.562. The van der Waals surface area contributed by atoms with Gasteiger partial charge in [-0.3, -0.25) is 4.79 Å².